The minimum absolute atomic E-state index is 0.00573. The molecule has 0 spiro atoms. The van der Waals surface area contributed by atoms with Gasteiger partial charge in [-0.3, -0.25) is 9.59 Å². The van der Waals surface area contributed by atoms with Gasteiger partial charge < -0.3 is 15.0 Å². The lowest BCUT2D eigenvalue weighted by molar-refractivity contribution is -0.151. The first-order valence-corrected chi connectivity index (χ1v) is 7.89. The summed E-state index contributed by atoms with van der Waals surface area (Å²) in [7, 11) is 0. The van der Waals surface area contributed by atoms with Crippen molar-refractivity contribution in [3.8, 4) is 0 Å². The standard InChI is InChI=1S/C15H24N2O3/c1-2-12-14(18)16-13(11-5-6-11)15(19)17(12)7-8-20-9-10-3-4-10/h10-13H,2-9H2,1H3,(H,16,18). The van der Waals surface area contributed by atoms with E-state index >= 15 is 0 Å². The van der Waals surface area contributed by atoms with E-state index < -0.39 is 0 Å². The summed E-state index contributed by atoms with van der Waals surface area (Å²) in [6.07, 6.45) is 5.31. The van der Waals surface area contributed by atoms with Crippen molar-refractivity contribution >= 4 is 11.8 Å². The van der Waals surface area contributed by atoms with Crippen LogP contribution >= 0.6 is 0 Å². The molecular weight excluding hydrogens is 256 g/mol. The Kier molecular flexibility index (Phi) is 3.96. The van der Waals surface area contributed by atoms with Crippen LogP contribution in [-0.2, 0) is 14.3 Å². The van der Waals surface area contributed by atoms with Gasteiger partial charge in [0.05, 0.1) is 6.61 Å². The Morgan fingerprint density at radius 3 is 2.60 bits per heavy atom. The van der Waals surface area contributed by atoms with E-state index in [1.165, 1.54) is 12.8 Å². The summed E-state index contributed by atoms with van der Waals surface area (Å²) in [4.78, 5) is 26.4. The van der Waals surface area contributed by atoms with Gasteiger partial charge in [-0.2, -0.15) is 0 Å². The highest BCUT2D eigenvalue weighted by Gasteiger charge is 2.46. The quantitative estimate of drug-likeness (QED) is 0.706. The summed E-state index contributed by atoms with van der Waals surface area (Å²) in [5.41, 5.74) is 0. The van der Waals surface area contributed by atoms with E-state index in [0.29, 0.717) is 25.5 Å². The Hall–Kier alpha value is -1.10. The van der Waals surface area contributed by atoms with Crippen LogP contribution in [0.4, 0.5) is 0 Å². The van der Waals surface area contributed by atoms with Crippen LogP contribution in [0.15, 0.2) is 0 Å². The van der Waals surface area contributed by atoms with Crippen LogP contribution in [0.3, 0.4) is 0 Å². The third-order valence-electron chi connectivity index (χ3n) is 4.53. The molecule has 1 aliphatic heterocycles. The second-order valence-electron chi connectivity index (χ2n) is 6.30. The SMILES string of the molecule is CCC1C(=O)NC(C2CC2)C(=O)N1CCOCC1CC1. The second-order valence-corrected chi connectivity index (χ2v) is 6.30. The third-order valence-corrected chi connectivity index (χ3v) is 4.53. The summed E-state index contributed by atoms with van der Waals surface area (Å²) < 4.78 is 5.62. The summed E-state index contributed by atoms with van der Waals surface area (Å²) in [6, 6.07) is -0.601. The minimum Gasteiger partial charge on any atom is -0.379 e. The van der Waals surface area contributed by atoms with Gasteiger partial charge in [-0.1, -0.05) is 6.92 Å². The number of nitrogens with zero attached hydrogens (tertiary/aromatic N) is 1. The number of carbonyl (C=O) groups is 2. The highest BCUT2D eigenvalue weighted by molar-refractivity contribution is 5.97. The van der Waals surface area contributed by atoms with Crippen LogP contribution in [-0.4, -0.2) is 48.6 Å². The normalized spacial score (nSPS) is 30.6. The zero-order valence-electron chi connectivity index (χ0n) is 12.1. The Morgan fingerprint density at radius 1 is 1.25 bits per heavy atom. The molecule has 0 aromatic carbocycles. The van der Waals surface area contributed by atoms with E-state index in [1.807, 2.05) is 6.92 Å². The van der Waals surface area contributed by atoms with Gasteiger partial charge in [0.1, 0.15) is 12.1 Å². The molecule has 2 unspecified atom stereocenters. The molecule has 2 aliphatic carbocycles. The molecule has 2 saturated carbocycles. The summed E-state index contributed by atoms with van der Waals surface area (Å²) in [5.74, 6) is 1.19. The van der Waals surface area contributed by atoms with Crippen molar-refractivity contribution in [2.24, 2.45) is 11.8 Å². The number of carbonyl (C=O) groups excluding carboxylic acids is 2. The van der Waals surface area contributed by atoms with Gasteiger partial charge in [-0.15, -0.1) is 0 Å². The van der Waals surface area contributed by atoms with Crippen molar-refractivity contribution in [1.82, 2.24) is 10.2 Å². The molecule has 3 rings (SSSR count). The predicted molar refractivity (Wildman–Crippen MR) is 74.0 cm³/mol. The van der Waals surface area contributed by atoms with Crippen LogP contribution in [0, 0.1) is 11.8 Å². The van der Waals surface area contributed by atoms with Crippen molar-refractivity contribution in [2.75, 3.05) is 19.8 Å². The summed E-state index contributed by atoms with van der Waals surface area (Å²) in [5, 5.41) is 2.91. The van der Waals surface area contributed by atoms with Crippen molar-refractivity contribution in [2.45, 2.75) is 51.1 Å². The van der Waals surface area contributed by atoms with E-state index in [2.05, 4.69) is 5.32 Å². The third kappa shape index (κ3) is 2.97. The fourth-order valence-electron chi connectivity index (χ4n) is 2.90. The number of hydrogen-bond acceptors (Lipinski definition) is 3. The molecule has 3 aliphatic rings. The first-order chi connectivity index (χ1) is 9.70. The molecule has 2 atom stereocenters. The zero-order chi connectivity index (χ0) is 14.1. The molecule has 2 amide bonds. The molecule has 0 radical (unpaired) electrons. The minimum atomic E-state index is -0.318. The van der Waals surface area contributed by atoms with Gasteiger partial charge in [0.25, 0.3) is 0 Å². The highest BCUT2D eigenvalue weighted by Crippen LogP contribution is 2.35. The zero-order valence-corrected chi connectivity index (χ0v) is 12.1. The number of nitrogens with one attached hydrogen (secondary N) is 1. The highest BCUT2D eigenvalue weighted by atomic mass is 16.5. The Bertz CT molecular complexity index is 391. The van der Waals surface area contributed by atoms with Gasteiger partial charge in [-0.25, -0.2) is 0 Å². The summed E-state index contributed by atoms with van der Waals surface area (Å²) >= 11 is 0. The van der Waals surface area contributed by atoms with E-state index in [4.69, 9.17) is 4.74 Å². The largest absolute Gasteiger partial charge is 0.379 e. The van der Waals surface area contributed by atoms with Gasteiger partial charge in [0.2, 0.25) is 11.8 Å². The smallest absolute Gasteiger partial charge is 0.246 e. The Morgan fingerprint density at radius 2 is 2.00 bits per heavy atom. The van der Waals surface area contributed by atoms with Gasteiger partial charge in [-0.05, 0) is 43.9 Å². The maximum atomic E-state index is 12.5. The van der Waals surface area contributed by atoms with E-state index in [9.17, 15) is 9.59 Å². The Labute approximate surface area is 120 Å². The topological polar surface area (TPSA) is 58.6 Å². The maximum Gasteiger partial charge on any atom is 0.246 e. The lowest BCUT2D eigenvalue weighted by Gasteiger charge is -2.38. The average Bonchev–Trinajstić information content (AvgIpc) is 3.30. The molecule has 1 saturated heterocycles. The van der Waals surface area contributed by atoms with E-state index in [1.54, 1.807) is 4.90 Å². The van der Waals surface area contributed by atoms with Crippen molar-refractivity contribution in [3.63, 3.8) is 0 Å². The van der Waals surface area contributed by atoms with Crippen LogP contribution in [0.1, 0.15) is 39.0 Å². The first kappa shape index (κ1) is 13.9. The molecule has 0 aromatic rings. The molecule has 0 aromatic heterocycles. The molecule has 112 valence electrons. The van der Waals surface area contributed by atoms with Crippen molar-refractivity contribution < 1.29 is 14.3 Å². The number of rotatable bonds is 7. The van der Waals surface area contributed by atoms with E-state index in [-0.39, 0.29) is 23.9 Å². The first-order valence-electron chi connectivity index (χ1n) is 7.89. The van der Waals surface area contributed by atoms with Crippen LogP contribution in [0.5, 0.6) is 0 Å². The van der Waals surface area contributed by atoms with Crippen molar-refractivity contribution in [1.29, 1.82) is 0 Å². The molecule has 1 N–H and O–H groups in total. The number of piperazine rings is 1. The number of hydrogen-bond donors (Lipinski definition) is 1. The van der Waals surface area contributed by atoms with Gasteiger partial charge >= 0.3 is 0 Å². The van der Waals surface area contributed by atoms with E-state index in [0.717, 1.165) is 25.4 Å². The fraction of sp³-hybridized carbons (Fsp3) is 0.867. The molecule has 0 bridgehead atoms. The van der Waals surface area contributed by atoms with Crippen LogP contribution < -0.4 is 5.32 Å². The fourth-order valence-corrected chi connectivity index (χ4v) is 2.90. The lowest BCUT2D eigenvalue weighted by atomic mass is 10.0. The molecule has 1 heterocycles. The van der Waals surface area contributed by atoms with Gasteiger partial charge in [0, 0.05) is 13.2 Å². The monoisotopic (exact) mass is 280 g/mol. The second kappa shape index (κ2) is 5.72. The van der Waals surface area contributed by atoms with Crippen molar-refractivity contribution in [3.05, 3.63) is 0 Å². The molecule has 5 heteroatoms. The molecule has 5 nitrogen and oxygen atoms in total. The summed E-state index contributed by atoms with van der Waals surface area (Å²) in [6.45, 7) is 3.84. The molecular formula is C15H24N2O3. The lowest BCUT2D eigenvalue weighted by Crippen LogP contribution is -2.64. The molecule has 3 fully saturated rings. The Balaban J connectivity index is 1.56. The predicted octanol–water partition coefficient (Wildman–Crippen LogP) is 0.929. The average molecular weight is 280 g/mol. The number of ether oxygens (including phenoxy) is 1. The maximum absolute atomic E-state index is 12.5. The molecule has 20 heavy (non-hydrogen) atoms. The van der Waals surface area contributed by atoms with Crippen LogP contribution in [0.2, 0.25) is 0 Å². The van der Waals surface area contributed by atoms with Gasteiger partial charge in [0.15, 0.2) is 0 Å². The number of amides is 2. The van der Waals surface area contributed by atoms with Crippen LogP contribution in [0.25, 0.3) is 0 Å².